The quantitative estimate of drug-likeness (QED) is 0.615. The number of nitro groups is 1. The Hall–Kier alpha value is -2.55. The number of nitrogens with zero attached hydrogens (tertiary/aromatic N) is 3. The van der Waals surface area contributed by atoms with Crippen molar-refractivity contribution in [3.8, 4) is 5.75 Å². The number of benzene rings is 1. The van der Waals surface area contributed by atoms with Crippen LogP contribution in [0.3, 0.4) is 0 Å². The fourth-order valence-electron chi connectivity index (χ4n) is 1.83. The third kappa shape index (κ3) is 4.71. The van der Waals surface area contributed by atoms with Crippen molar-refractivity contribution in [1.29, 1.82) is 0 Å². The molecule has 1 heterocycles. The van der Waals surface area contributed by atoms with Crippen molar-refractivity contribution < 1.29 is 14.5 Å². The first kappa shape index (κ1) is 16.8. The van der Waals surface area contributed by atoms with Gasteiger partial charge in [-0.05, 0) is 25.0 Å². The van der Waals surface area contributed by atoms with Gasteiger partial charge in [-0.15, -0.1) is 10.2 Å². The van der Waals surface area contributed by atoms with E-state index in [1.54, 1.807) is 6.92 Å². The van der Waals surface area contributed by atoms with Crippen LogP contribution in [-0.4, -0.2) is 27.6 Å². The molecule has 0 radical (unpaired) electrons. The highest BCUT2D eigenvalue weighted by atomic mass is 32.1. The minimum atomic E-state index is -0.479. The number of ether oxygens (including phenoxy) is 1. The first-order valence-corrected chi connectivity index (χ1v) is 7.81. The summed E-state index contributed by atoms with van der Waals surface area (Å²) in [4.78, 5) is 22.0. The van der Waals surface area contributed by atoms with Crippen molar-refractivity contribution in [1.82, 2.24) is 10.2 Å². The molecule has 0 spiro atoms. The SMILES string of the molecule is CCCc1nnc(NC(=O)COc2ccc([N+](=O)[O-])cc2C)s1. The number of hydrogen-bond donors (Lipinski definition) is 1. The summed E-state index contributed by atoms with van der Waals surface area (Å²) in [6.45, 7) is 3.52. The van der Waals surface area contributed by atoms with Crippen LogP contribution < -0.4 is 10.1 Å². The first-order chi connectivity index (χ1) is 11.0. The highest BCUT2D eigenvalue weighted by molar-refractivity contribution is 7.15. The molecule has 2 rings (SSSR count). The van der Waals surface area contributed by atoms with E-state index >= 15 is 0 Å². The van der Waals surface area contributed by atoms with Crippen LogP contribution in [0.25, 0.3) is 0 Å². The average Bonchev–Trinajstić information content (AvgIpc) is 2.93. The fraction of sp³-hybridized carbons (Fsp3) is 0.357. The van der Waals surface area contributed by atoms with Crippen LogP contribution in [0.5, 0.6) is 5.75 Å². The number of aryl methyl sites for hydroxylation is 2. The van der Waals surface area contributed by atoms with Gasteiger partial charge < -0.3 is 4.74 Å². The molecule has 0 fully saturated rings. The first-order valence-electron chi connectivity index (χ1n) is 6.99. The molecule has 0 atom stereocenters. The monoisotopic (exact) mass is 336 g/mol. The van der Waals surface area contributed by atoms with Gasteiger partial charge in [0.15, 0.2) is 6.61 Å². The molecule has 0 aliphatic rings. The lowest BCUT2D eigenvalue weighted by Crippen LogP contribution is -2.20. The van der Waals surface area contributed by atoms with Gasteiger partial charge in [0.25, 0.3) is 11.6 Å². The highest BCUT2D eigenvalue weighted by Gasteiger charge is 2.12. The Morgan fingerprint density at radius 1 is 1.43 bits per heavy atom. The van der Waals surface area contributed by atoms with Crippen molar-refractivity contribution in [3.05, 3.63) is 38.9 Å². The van der Waals surface area contributed by atoms with Gasteiger partial charge >= 0.3 is 0 Å². The molecule has 122 valence electrons. The smallest absolute Gasteiger partial charge is 0.269 e. The van der Waals surface area contributed by atoms with E-state index in [4.69, 9.17) is 4.74 Å². The number of hydrogen-bond acceptors (Lipinski definition) is 7. The van der Waals surface area contributed by atoms with Crippen molar-refractivity contribution in [2.24, 2.45) is 0 Å². The number of aromatic nitrogens is 2. The molecule has 1 N–H and O–H groups in total. The summed E-state index contributed by atoms with van der Waals surface area (Å²) >= 11 is 1.33. The minimum absolute atomic E-state index is 0.0170. The molecule has 2 aromatic rings. The van der Waals surface area contributed by atoms with E-state index in [1.807, 2.05) is 6.92 Å². The number of carbonyl (C=O) groups excluding carboxylic acids is 1. The molecule has 9 heteroatoms. The molecule has 8 nitrogen and oxygen atoms in total. The molecule has 0 aliphatic carbocycles. The van der Waals surface area contributed by atoms with Crippen molar-refractivity contribution in [3.63, 3.8) is 0 Å². The van der Waals surface area contributed by atoms with Gasteiger partial charge in [-0.1, -0.05) is 18.3 Å². The van der Waals surface area contributed by atoms with Crippen LogP contribution in [0.1, 0.15) is 23.9 Å². The number of anilines is 1. The molecule has 0 aliphatic heterocycles. The Morgan fingerprint density at radius 2 is 2.22 bits per heavy atom. The van der Waals surface area contributed by atoms with E-state index in [0.717, 1.165) is 17.8 Å². The van der Waals surface area contributed by atoms with E-state index < -0.39 is 4.92 Å². The zero-order valence-electron chi connectivity index (χ0n) is 12.7. The zero-order valence-corrected chi connectivity index (χ0v) is 13.6. The van der Waals surface area contributed by atoms with E-state index in [9.17, 15) is 14.9 Å². The normalized spacial score (nSPS) is 10.3. The maximum absolute atomic E-state index is 11.8. The molecule has 1 amide bonds. The lowest BCUT2D eigenvalue weighted by Gasteiger charge is -2.08. The number of amides is 1. The second-order valence-electron chi connectivity index (χ2n) is 4.79. The summed E-state index contributed by atoms with van der Waals surface area (Å²) in [7, 11) is 0. The molecular weight excluding hydrogens is 320 g/mol. The van der Waals surface area contributed by atoms with Gasteiger partial charge in [-0.25, -0.2) is 0 Å². The maximum Gasteiger partial charge on any atom is 0.269 e. The summed E-state index contributed by atoms with van der Waals surface area (Å²) in [5.74, 6) is 0.0663. The molecule has 0 saturated carbocycles. The molecule has 1 aromatic heterocycles. The van der Waals surface area contributed by atoms with Gasteiger partial charge in [0.05, 0.1) is 4.92 Å². The number of nitrogens with one attached hydrogen (secondary N) is 1. The average molecular weight is 336 g/mol. The second kappa shape index (κ2) is 7.63. The number of rotatable bonds is 7. The second-order valence-corrected chi connectivity index (χ2v) is 5.86. The molecular formula is C14H16N4O4S. The largest absolute Gasteiger partial charge is 0.483 e. The van der Waals surface area contributed by atoms with Crippen LogP contribution in [-0.2, 0) is 11.2 Å². The van der Waals surface area contributed by atoms with Crippen molar-refractivity contribution in [2.75, 3.05) is 11.9 Å². The van der Waals surface area contributed by atoms with Gasteiger partial charge in [0.1, 0.15) is 10.8 Å². The fourth-order valence-corrected chi connectivity index (χ4v) is 2.68. The van der Waals surface area contributed by atoms with Gasteiger partial charge in [0, 0.05) is 18.6 Å². The lowest BCUT2D eigenvalue weighted by atomic mass is 10.2. The third-order valence-electron chi connectivity index (χ3n) is 2.91. The molecule has 23 heavy (non-hydrogen) atoms. The van der Waals surface area contributed by atoms with E-state index in [0.29, 0.717) is 16.4 Å². The lowest BCUT2D eigenvalue weighted by molar-refractivity contribution is -0.384. The Morgan fingerprint density at radius 3 is 2.87 bits per heavy atom. The molecule has 0 saturated heterocycles. The Kier molecular flexibility index (Phi) is 5.58. The number of non-ortho nitro benzene ring substituents is 1. The Bertz CT molecular complexity index is 717. The van der Waals surface area contributed by atoms with Crippen molar-refractivity contribution in [2.45, 2.75) is 26.7 Å². The number of carbonyl (C=O) groups is 1. The summed E-state index contributed by atoms with van der Waals surface area (Å²) in [6, 6.07) is 4.21. The molecule has 0 unspecified atom stereocenters. The van der Waals surface area contributed by atoms with Gasteiger partial charge in [0.2, 0.25) is 5.13 Å². The topological polar surface area (TPSA) is 107 Å². The van der Waals surface area contributed by atoms with Crippen LogP contribution in [0.4, 0.5) is 10.8 Å². The summed E-state index contributed by atoms with van der Waals surface area (Å²) in [6.07, 6.45) is 1.79. The summed E-state index contributed by atoms with van der Waals surface area (Å²) < 4.78 is 5.38. The summed E-state index contributed by atoms with van der Waals surface area (Å²) in [5.41, 5.74) is 0.574. The van der Waals surface area contributed by atoms with Crippen LogP contribution in [0.15, 0.2) is 18.2 Å². The molecule has 1 aromatic carbocycles. The maximum atomic E-state index is 11.8. The van der Waals surface area contributed by atoms with Crippen LogP contribution in [0, 0.1) is 17.0 Å². The minimum Gasteiger partial charge on any atom is -0.483 e. The van der Waals surface area contributed by atoms with Gasteiger partial charge in [-0.3, -0.25) is 20.2 Å². The zero-order chi connectivity index (χ0) is 16.8. The van der Waals surface area contributed by atoms with Crippen LogP contribution >= 0.6 is 11.3 Å². The standard InChI is InChI=1S/C14H16N4O4S/c1-3-4-13-16-17-14(23-13)15-12(19)8-22-11-6-5-10(18(20)21)7-9(11)2/h5-7H,3-4,8H2,1-2H3,(H,15,17,19). The Labute approximate surface area is 136 Å². The van der Waals surface area contributed by atoms with Crippen LogP contribution in [0.2, 0.25) is 0 Å². The van der Waals surface area contributed by atoms with Crippen molar-refractivity contribution >= 4 is 28.1 Å². The van der Waals surface area contributed by atoms with E-state index in [1.165, 1.54) is 29.5 Å². The Balaban J connectivity index is 1.89. The summed E-state index contributed by atoms with van der Waals surface area (Å²) in [5, 5.41) is 22.4. The predicted molar refractivity (Wildman–Crippen MR) is 85.9 cm³/mol. The highest BCUT2D eigenvalue weighted by Crippen LogP contribution is 2.23. The van der Waals surface area contributed by atoms with E-state index in [-0.39, 0.29) is 18.2 Å². The third-order valence-corrected chi connectivity index (χ3v) is 3.80. The van der Waals surface area contributed by atoms with E-state index in [2.05, 4.69) is 15.5 Å². The number of nitro benzene ring substituents is 1. The molecule has 0 bridgehead atoms. The predicted octanol–water partition coefficient (Wildman–Crippen LogP) is 2.72. The van der Waals surface area contributed by atoms with Gasteiger partial charge in [-0.2, -0.15) is 0 Å².